The van der Waals surface area contributed by atoms with Gasteiger partial charge in [0.1, 0.15) is 60.5 Å². The fourth-order valence-corrected chi connectivity index (χ4v) is 10.3. The number of aromatic nitrogens is 2. The summed E-state index contributed by atoms with van der Waals surface area (Å²) in [6.45, 7) is 3.89. The lowest BCUT2D eigenvalue weighted by Crippen LogP contribution is -2.56. The van der Waals surface area contributed by atoms with Crippen LogP contribution >= 0.6 is 23.2 Å². The van der Waals surface area contributed by atoms with Crippen LogP contribution in [0.4, 0.5) is 0 Å². The maximum Gasteiger partial charge on any atom is 0.326 e. The molecule has 84 heavy (non-hydrogen) atoms. The third kappa shape index (κ3) is 14.8. The summed E-state index contributed by atoms with van der Waals surface area (Å²) in [5.41, 5.74) is 9.08. The van der Waals surface area contributed by atoms with Crippen molar-refractivity contribution in [2.75, 3.05) is 26.8 Å². The highest BCUT2D eigenvalue weighted by Crippen LogP contribution is 2.38. The van der Waals surface area contributed by atoms with Crippen molar-refractivity contribution < 1.29 is 49.0 Å². The van der Waals surface area contributed by atoms with Crippen LogP contribution in [0.5, 0.6) is 23.0 Å². The van der Waals surface area contributed by atoms with E-state index >= 15 is 0 Å². The molecule has 3 heterocycles. The van der Waals surface area contributed by atoms with Crippen LogP contribution in [0.3, 0.4) is 0 Å². The predicted molar refractivity (Wildman–Crippen MR) is 324 cm³/mol. The van der Waals surface area contributed by atoms with E-state index in [0.29, 0.717) is 40.7 Å². The smallest absolute Gasteiger partial charge is 0.326 e. The molecule has 0 aliphatic carbocycles. The van der Waals surface area contributed by atoms with Crippen LogP contribution in [0.2, 0.25) is 10.0 Å². The summed E-state index contributed by atoms with van der Waals surface area (Å²) in [6.07, 6.45) is 8.60. The average molecular weight is 1170 g/mol. The highest BCUT2D eigenvalue weighted by atomic mass is 35.5. The molecule has 2 unspecified atom stereocenters. The summed E-state index contributed by atoms with van der Waals surface area (Å²) in [4.78, 5) is 42.7. The van der Waals surface area contributed by atoms with Gasteiger partial charge in [-0.25, -0.2) is 0 Å². The minimum Gasteiger partial charge on any atom is -0.488 e. The molecule has 0 bridgehead atoms. The second kappa shape index (κ2) is 27.7. The van der Waals surface area contributed by atoms with Crippen molar-refractivity contribution in [3.8, 4) is 34.1 Å². The first-order valence-electron chi connectivity index (χ1n) is 27.1. The van der Waals surface area contributed by atoms with Gasteiger partial charge in [0.25, 0.3) is 0 Å². The summed E-state index contributed by atoms with van der Waals surface area (Å²) in [5.74, 6) is -0.957. The molecule has 16 nitrogen and oxygen atoms in total. The SMILES string of the molecule is C/N=C/c1cncc(COc2cc(OCc3cccc(-c4cccc(COc5cc(OCc6cncc(C7=NC7)c6)c(CNC(CO)(Cc6ccccc6)C(=O)O)cc5Cl)c4C)c3C)c(Cl)cc2CNC(CO)(Cc2ccccc2)C(=O)O)c1. The molecule has 432 valence electrons. The Balaban J connectivity index is 0.936. The molecule has 9 rings (SSSR count). The lowest BCUT2D eigenvalue weighted by atomic mass is 9.91. The number of carbonyl (C=O) groups is 2. The Bertz CT molecular complexity index is 3700. The lowest BCUT2D eigenvalue weighted by molar-refractivity contribution is -0.147. The monoisotopic (exact) mass is 1170 g/mol. The Morgan fingerprint density at radius 1 is 0.560 bits per heavy atom. The van der Waals surface area contributed by atoms with E-state index in [9.17, 15) is 30.0 Å². The maximum absolute atomic E-state index is 12.8. The molecular weight excluding hydrogens is 1110 g/mol. The second-order valence-electron chi connectivity index (χ2n) is 20.6. The Labute approximate surface area is 497 Å². The van der Waals surface area contributed by atoms with Crippen molar-refractivity contribution in [1.82, 2.24) is 20.6 Å². The Kier molecular flexibility index (Phi) is 19.8. The molecule has 0 saturated heterocycles. The zero-order valence-corrected chi connectivity index (χ0v) is 48.2. The first-order valence-corrected chi connectivity index (χ1v) is 27.9. The standard InChI is InChI=1S/C66H64Cl2N6O10/c1-42-49(38-83-61-24-59(81-36-47-20-46(28-69-3)29-70-30-47)52(22-56(61)67)33-73-65(40-75,63(77)78)26-44-12-6-4-7-13-44)16-10-18-54(42)55-19-11-17-50(43(55)2)39-84-62-25-60(82-37-48-21-51(32-71-31-48)58-35-72-58)53(23-57(62)68)34-74-66(41-76,64(79)80)27-45-14-8-5-9-15-45/h4-25,28-32,73-76H,26-27,33-41H2,1-3H3,(H,77,78)(H,79,80)/b69-28+. The van der Waals surface area contributed by atoms with Gasteiger partial charge in [0.05, 0.1) is 35.5 Å². The van der Waals surface area contributed by atoms with Crippen LogP contribution in [0.25, 0.3) is 11.1 Å². The largest absolute Gasteiger partial charge is 0.488 e. The number of halogens is 2. The number of benzene rings is 6. The minimum atomic E-state index is -1.71. The van der Waals surface area contributed by atoms with Gasteiger partial charge in [0.15, 0.2) is 0 Å². The summed E-state index contributed by atoms with van der Waals surface area (Å²) >= 11 is 14.0. The quantitative estimate of drug-likeness (QED) is 0.0240. The molecular formula is C66H64Cl2N6O10. The molecule has 6 N–H and O–H groups in total. The molecule has 0 fully saturated rings. The first kappa shape index (κ1) is 60.1. The van der Waals surface area contributed by atoms with Crippen molar-refractivity contribution in [2.24, 2.45) is 9.98 Å². The second-order valence-corrected chi connectivity index (χ2v) is 21.4. The van der Waals surface area contributed by atoms with Crippen LogP contribution in [0.1, 0.15) is 66.8 Å². The topological polar surface area (TPSA) is 227 Å². The number of pyridine rings is 2. The summed E-state index contributed by atoms with van der Waals surface area (Å²) in [6, 6.07) is 40.9. The van der Waals surface area contributed by atoms with Gasteiger partial charge in [0.2, 0.25) is 0 Å². The van der Waals surface area contributed by atoms with Gasteiger partial charge in [-0.2, -0.15) is 0 Å². The number of hydrogen-bond donors (Lipinski definition) is 6. The van der Waals surface area contributed by atoms with Crippen molar-refractivity contribution in [2.45, 2.75) is 77.3 Å². The molecule has 0 radical (unpaired) electrons. The predicted octanol–water partition coefficient (Wildman–Crippen LogP) is 10.5. The number of nitrogens with one attached hydrogen (secondary N) is 2. The summed E-state index contributed by atoms with van der Waals surface area (Å²) in [7, 11) is 1.68. The molecule has 1 aliphatic heterocycles. The third-order valence-corrected chi connectivity index (χ3v) is 15.4. The van der Waals surface area contributed by atoms with Gasteiger partial charge in [-0.3, -0.25) is 40.2 Å². The zero-order valence-electron chi connectivity index (χ0n) is 46.6. The van der Waals surface area contributed by atoms with Crippen LogP contribution in [-0.2, 0) is 61.9 Å². The fraction of sp³-hybridized carbons (Fsp3) is 0.242. The number of nitrogens with zero attached hydrogens (tertiary/aromatic N) is 4. The van der Waals surface area contributed by atoms with Crippen LogP contribution in [-0.4, -0.2) is 92.1 Å². The van der Waals surface area contributed by atoms with Crippen molar-refractivity contribution >= 4 is 47.1 Å². The molecule has 0 saturated carbocycles. The summed E-state index contributed by atoms with van der Waals surface area (Å²) in [5, 5.41) is 48.8. The molecule has 0 amide bonds. The van der Waals surface area contributed by atoms with Gasteiger partial charge >= 0.3 is 11.9 Å². The van der Waals surface area contributed by atoms with Gasteiger partial charge in [0, 0.05) is 109 Å². The van der Waals surface area contributed by atoms with E-state index in [-0.39, 0.29) is 62.4 Å². The van der Waals surface area contributed by atoms with E-state index in [0.717, 1.165) is 72.5 Å². The molecule has 8 aromatic rings. The number of aliphatic hydroxyl groups is 2. The van der Waals surface area contributed by atoms with Crippen LogP contribution in [0, 0.1) is 13.8 Å². The number of aliphatic hydroxyl groups excluding tert-OH is 2. The fourth-order valence-electron chi connectivity index (χ4n) is 9.77. The van der Waals surface area contributed by atoms with E-state index in [1.54, 1.807) is 62.3 Å². The molecule has 1 aliphatic rings. The van der Waals surface area contributed by atoms with Crippen LogP contribution in [0.15, 0.2) is 168 Å². The maximum atomic E-state index is 12.8. The Morgan fingerprint density at radius 2 is 1.01 bits per heavy atom. The highest BCUT2D eigenvalue weighted by Gasteiger charge is 2.39. The zero-order chi connectivity index (χ0) is 59.2. The number of rotatable bonds is 29. The Hall–Kier alpha value is -8.48. The molecule has 2 atom stereocenters. The molecule has 18 heteroatoms. The average Bonchev–Trinajstić information content (AvgIpc) is 3.96. The van der Waals surface area contributed by atoms with E-state index < -0.39 is 36.2 Å². The van der Waals surface area contributed by atoms with E-state index in [2.05, 4.69) is 42.7 Å². The molecule has 0 spiro atoms. The van der Waals surface area contributed by atoms with Crippen molar-refractivity contribution in [3.05, 3.63) is 235 Å². The number of aliphatic imine (C=N–C) groups is 2. The number of carboxylic acid groups (broad SMARTS) is 2. The van der Waals surface area contributed by atoms with E-state index in [4.69, 9.17) is 42.1 Å². The van der Waals surface area contributed by atoms with E-state index in [1.165, 1.54) is 0 Å². The molecule has 2 aromatic heterocycles. The highest BCUT2D eigenvalue weighted by molar-refractivity contribution is 6.32. The van der Waals surface area contributed by atoms with Gasteiger partial charge in [-0.05, 0) is 82.6 Å². The first-order chi connectivity index (χ1) is 40.7. The number of carboxylic acids is 2. The normalized spacial score (nSPS) is 13.4. The number of hydrogen-bond acceptors (Lipinski definition) is 14. The number of aliphatic carboxylic acids is 2. The van der Waals surface area contributed by atoms with Gasteiger partial charge < -0.3 is 39.4 Å². The summed E-state index contributed by atoms with van der Waals surface area (Å²) < 4.78 is 25.9. The minimum absolute atomic E-state index is 0.0105. The molecule has 6 aromatic carbocycles. The van der Waals surface area contributed by atoms with Crippen LogP contribution < -0.4 is 29.6 Å². The van der Waals surface area contributed by atoms with Gasteiger partial charge in [-0.1, -0.05) is 120 Å². The van der Waals surface area contributed by atoms with Gasteiger partial charge in [-0.15, -0.1) is 0 Å². The van der Waals surface area contributed by atoms with Crippen molar-refractivity contribution in [1.29, 1.82) is 0 Å². The number of ether oxygens (including phenoxy) is 4. The lowest BCUT2D eigenvalue weighted by Gasteiger charge is -2.29. The van der Waals surface area contributed by atoms with Crippen molar-refractivity contribution in [3.63, 3.8) is 0 Å². The third-order valence-electron chi connectivity index (χ3n) is 14.8. The Morgan fingerprint density at radius 3 is 1.45 bits per heavy atom. The van der Waals surface area contributed by atoms with E-state index in [1.807, 2.05) is 111 Å².